The fraction of sp³-hybridized carbons (Fsp3) is 0.0435. The molecule has 0 unspecified atom stereocenters. The van der Waals surface area contributed by atoms with Crippen LogP contribution in [-0.2, 0) is 4.79 Å². The molecule has 3 aromatic carbocycles. The van der Waals surface area contributed by atoms with Crippen LogP contribution in [0.15, 0.2) is 89.1 Å². The van der Waals surface area contributed by atoms with E-state index < -0.39 is 4.92 Å². The number of hydrogen-bond acceptors (Lipinski definition) is 7. The van der Waals surface area contributed by atoms with Gasteiger partial charge >= 0.3 is 5.16 Å². The molecule has 11 heteroatoms. The van der Waals surface area contributed by atoms with Gasteiger partial charge in [0.25, 0.3) is 17.4 Å². The zero-order chi connectivity index (χ0) is 23.9. The van der Waals surface area contributed by atoms with Crippen LogP contribution in [0.3, 0.4) is 0 Å². The maximum absolute atomic E-state index is 12.3. The molecule has 10 nitrogen and oxygen atoms in total. The Morgan fingerprint density at radius 1 is 1.15 bits per heavy atom. The lowest BCUT2D eigenvalue weighted by Gasteiger charge is -2.04. The highest BCUT2D eigenvalue weighted by Gasteiger charge is 2.25. The molecule has 1 heterocycles. The van der Waals surface area contributed by atoms with Crippen molar-refractivity contribution in [3.63, 3.8) is 0 Å². The molecule has 0 bridgehead atoms. The van der Waals surface area contributed by atoms with Crippen LogP contribution in [0.4, 0.5) is 5.69 Å². The van der Waals surface area contributed by atoms with Crippen LogP contribution in [0.2, 0.25) is 0 Å². The zero-order valence-corrected chi connectivity index (χ0v) is 18.5. The maximum atomic E-state index is 12.3. The predicted molar refractivity (Wildman–Crippen MR) is 127 cm³/mol. The van der Waals surface area contributed by atoms with E-state index in [1.807, 2.05) is 30.3 Å². The summed E-state index contributed by atoms with van der Waals surface area (Å²) in [5.41, 5.74) is 4.22. The van der Waals surface area contributed by atoms with Crippen LogP contribution in [0.5, 0.6) is 5.75 Å². The van der Waals surface area contributed by atoms with Gasteiger partial charge in [0.15, 0.2) is 0 Å². The topological polar surface area (TPSA) is 137 Å². The molecule has 0 radical (unpaired) electrons. The predicted octanol–water partition coefficient (Wildman–Crippen LogP) is 3.21. The van der Waals surface area contributed by atoms with Gasteiger partial charge in [-0.15, -0.1) is 5.10 Å². The van der Waals surface area contributed by atoms with E-state index in [1.165, 1.54) is 36.2 Å². The van der Waals surface area contributed by atoms with Crippen molar-refractivity contribution >= 4 is 29.6 Å². The van der Waals surface area contributed by atoms with Crippen molar-refractivity contribution in [2.75, 3.05) is 5.75 Å². The highest BCUT2D eigenvalue weighted by atomic mass is 32.2. The Hall–Kier alpha value is -4.51. The molecule has 0 aliphatic rings. The van der Waals surface area contributed by atoms with Crippen molar-refractivity contribution in [1.29, 1.82) is 0 Å². The fourth-order valence-corrected chi connectivity index (χ4v) is 3.86. The molecule has 0 fully saturated rings. The fourth-order valence-electron chi connectivity index (χ4n) is 3.10. The van der Waals surface area contributed by atoms with Crippen LogP contribution in [0, 0.1) is 10.1 Å². The largest absolute Gasteiger partial charge is 0.507 e. The Balaban J connectivity index is 1.54. The average Bonchev–Trinajstić information content (AvgIpc) is 3.28. The number of phenolic OH excluding ortho intramolecular Hbond substituents is 1. The van der Waals surface area contributed by atoms with Crippen LogP contribution < -0.4 is 9.99 Å². The van der Waals surface area contributed by atoms with Crippen LogP contribution in [0.25, 0.3) is 17.1 Å². The number of carbonyl (C=O) groups excluding carboxylic acids is 1. The van der Waals surface area contributed by atoms with Gasteiger partial charge in [-0.25, -0.2) is 5.43 Å². The van der Waals surface area contributed by atoms with Gasteiger partial charge in [0.2, 0.25) is 0 Å². The number of para-hydroxylation sites is 2. The van der Waals surface area contributed by atoms with Gasteiger partial charge < -0.3 is 5.11 Å². The number of rotatable bonds is 8. The molecule has 0 saturated carbocycles. The van der Waals surface area contributed by atoms with Gasteiger partial charge in [-0.1, -0.05) is 36.4 Å². The van der Waals surface area contributed by atoms with E-state index in [1.54, 1.807) is 34.9 Å². The van der Waals surface area contributed by atoms with Gasteiger partial charge in [0.1, 0.15) is 11.4 Å². The lowest BCUT2D eigenvalue weighted by atomic mass is 10.2. The number of aromatic nitrogens is 3. The summed E-state index contributed by atoms with van der Waals surface area (Å²) >= 11 is 1.18. The van der Waals surface area contributed by atoms with Crippen molar-refractivity contribution in [2.24, 2.45) is 5.10 Å². The van der Waals surface area contributed by atoms with E-state index in [2.05, 4.69) is 20.7 Å². The first-order valence-corrected chi connectivity index (χ1v) is 11.0. The Morgan fingerprint density at radius 3 is 2.68 bits per heavy atom. The Kier molecular flexibility index (Phi) is 6.94. The number of nitrogens with one attached hydrogen (secondary N) is 2. The lowest BCUT2D eigenvalue weighted by molar-refractivity contribution is -0.625. The summed E-state index contributed by atoms with van der Waals surface area (Å²) in [5, 5.41) is 32.6. The number of benzene rings is 3. The number of non-ortho nitro benzene ring substituents is 1. The molecule has 4 aromatic rings. The molecule has 1 amide bonds. The summed E-state index contributed by atoms with van der Waals surface area (Å²) in [6, 6.07) is 22.2. The van der Waals surface area contributed by atoms with E-state index in [0.717, 1.165) is 5.69 Å². The smallest absolute Gasteiger partial charge is 0.342 e. The minimum absolute atomic E-state index is 0.0180. The van der Waals surface area contributed by atoms with Gasteiger partial charge in [-0.2, -0.15) is 9.67 Å². The monoisotopic (exact) mass is 475 g/mol. The number of amides is 1. The summed E-state index contributed by atoms with van der Waals surface area (Å²) in [5.74, 6) is 0.250. The van der Waals surface area contributed by atoms with Crippen molar-refractivity contribution in [2.45, 2.75) is 5.16 Å². The van der Waals surface area contributed by atoms with E-state index in [4.69, 9.17) is 0 Å². The summed E-state index contributed by atoms with van der Waals surface area (Å²) in [6.07, 6.45) is 1.36. The molecule has 34 heavy (non-hydrogen) atoms. The first kappa shape index (κ1) is 22.7. The average molecular weight is 476 g/mol. The first-order chi connectivity index (χ1) is 16.5. The summed E-state index contributed by atoms with van der Waals surface area (Å²) in [4.78, 5) is 23.1. The maximum Gasteiger partial charge on any atom is 0.342 e. The third kappa shape index (κ3) is 5.27. The zero-order valence-electron chi connectivity index (χ0n) is 17.7. The third-order valence-electron chi connectivity index (χ3n) is 4.68. The number of nitro groups is 1. The summed E-state index contributed by atoms with van der Waals surface area (Å²) in [6.45, 7) is 0. The number of nitro benzene ring substituents is 1. The molecule has 0 aliphatic heterocycles. The number of H-pyrrole nitrogens is 1. The van der Waals surface area contributed by atoms with Crippen LogP contribution in [0.1, 0.15) is 5.56 Å². The second kappa shape index (κ2) is 10.4. The Morgan fingerprint density at radius 2 is 1.91 bits per heavy atom. The van der Waals surface area contributed by atoms with Crippen molar-refractivity contribution in [3.05, 3.63) is 94.5 Å². The minimum atomic E-state index is -0.456. The van der Waals surface area contributed by atoms with Crippen LogP contribution >= 0.6 is 11.8 Å². The number of carbonyl (C=O) groups is 1. The molecule has 0 spiro atoms. The number of aromatic amines is 1. The third-order valence-corrected chi connectivity index (χ3v) is 5.62. The quantitative estimate of drug-likeness (QED) is 0.118. The molecule has 3 N–H and O–H groups in total. The second-order valence-electron chi connectivity index (χ2n) is 6.97. The Bertz CT molecular complexity index is 1360. The molecule has 0 aliphatic carbocycles. The number of phenols is 1. The highest BCUT2D eigenvalue weighted by Crippen LogP contribution is 2.23. The minimum Gasteiger partial charge on any atom is -0.507 e. The molecular weight excluding hydrogens is 456 g/mol. The standard InChI is InChI=1S/C23H18N6O4S/c30-20-12-5-4-7-17(20)14-24-25-21(31)15-34-23-27-26-22(28(23)18-9-2-1-3-10-18)16-8-6-11-19(13-16)29(32)33/h1-14H,15H2,(H2,24,25,30,31)/p+1. The molecule has 1 aromatic heterocycles. The number of thioether (sulfide) groups is 1. The van der Waals surface area contributed by atoms with Crippen molar-refractivity contribution < 1.29 is 19.4 Å². The van der Waals surface area contributed by atoms with E-state index in [-0.39, 0.29) is 23.1 Å². The number of hydrogen-bond donors (Lipinski definition) is 3. The summed E-state index contributed by atoms with van der Waals surface area (Å²) < 4.78 is 1.79. The molecule has 0 atom stereocenters. The second-order valence-corrected chi connectivity index (χ2v) is 7.92. The SMILES string of the molecule is O=C(CSc1n[nH]c(-c2cccc([N+](=O)[O-])c2)[n+]1-c1ccccc1)NN=Cc1ccccc1O. The van der Waals surface area contributed by atoms with E-state index in [0.29, 0.717) is 22.1 Å². The Labute approximate surface area is 198 Å². The van der Waals surface area contributed by atoms with Crippen LogP contribution in [-0.4, -0.2) is 38.1 Å². The van der Waals surface area contributed by atoms with Gasteiger partial charge in [0, 0.05) is 17.7 Å². The highest BCUT2D eigenvalue weighted by molar-refractivity contribution is 7.99. The van der Waals surface area contributed by atoms with Crippen molar-refractivity contribution in [3.8, 4) is 22.8 Å². The normalized spacial score (nSPS) is 10.9. The number of aromatic hydroxyl groups is 1. The van der Waals surface area contributed by atoms with E-state index in [9.17, 15) is 20.0 Å². The molecule has 170 valence electrons. The number of nitrogens with zero attached hydrogens (tertiary/aromatic N) is 4. The van der Waals surface area contributed by atoms with Gasteiger partial charge in [0.05, 0.1) is 27.6 Å². The summed E-state index contributed by atoms with van der Waals surface area (Å²) in [7, 11) is 0. The number of hydrazone groups is 1. The first-order valence-electron chi connectivity index (χ1n) is 10.1. The molecule has 0 saturated heterocycles. The van der Waals surface area contributed by atoms with Gasteiger partial charge in [-0.3, -0.25) is 14.9 Å². The molecule has 4 rings (SSSR count). The lowest BCUT2D eigenvalue weighted by Crippen LogP contribution is -2.34. The van der Waals surface area contributed by atoms with Gasteiger partial charge in [-0.05, 0) is 42.1 Å². The van der Waals surface area contributed by atoms with E-state index >= 15 is 0 Å². The van der Waals surface area contributed by atoms with Crippen molar-refractivity contribution in [1.82, 2.24) is 15.6 Å². The molecular formula is C23H19N6O4S+.